The summed E-state index contributed by atoms with van der Waals surface area (Å²) in [6, 6.07) is 0. The van der Waals surface area contributed by atoms with Crippen LogP contribution in [-0.2, 0) is 26.2 Å². The SMILES string of the molecule is CNS(=O)(=O)Nc1nc(CC(=O)OC)cs1. The Kier molecular flexibility index (Phi) is 4.21. The predicted molar refractivity (Wildman–Crippen MR) is 59.4 cm³/mol. The topological polar surface area (TPSA) is 97.4 Å². The molecule has 0 spiro atoms. The van der Waals surface area contributed by atoms with Crippen LogP contribution in [0.3, 0.4) is 0 Å². The molecule has 0 unspecified atom stereocenters. The molecule has 90 valence electrons. The van der Waals surface area contributed by atoms with Crippen molar-refractivity contribution in [2.24, 2.45) is 0 Å². The highest BCUT2D eigenvalue weighted by molar-refractivity contribution is 7.91. The second-order valence-electron chi connectivity index (χ2n) is 2.71. The van der Waals surface area contributed by atoms with E-state index in [0.29, 0.717) is 5.69 Å². The van der Waals surface area contributed by atoms with Gasteiger partial charge in [0.15, 0.2) is 5.13 Å². The van der Waals surface area contributed by atoms with E-state index in [1.165, 1.54) is 14.2 Å². The summed E-state index contributed by atoms with van der Waals surface area (Å²) in [7, 11) is -1.00. The maximum atomic E-state index is 11.1. The van der Waals surface area contributed by atoms with Gasteiger partial charge in [0.05, 0.1) is 19.2 Å². The molecule has 1 aromatic heterocycles. The summed E-state index contributed by atoms with van der Waals surface area (Å²) in [6.45, 7) is 0. The van der Waals surface area contributed by atoms with Crippen molar-refractivity contribution in [3.63, 3.8) is 0 Å². The molecule has 1 aromatic rings. The van der Waals surface area contributed by atoms with E-state index in [2.05, 4.69) is 19.2 Å². The zero-order chi connectivity index (χ0) is 12.2. The molecule has 16 heavy (non-hydrogen) atoms. The Morgan fingerprint density at radius 2 is 2.31 bits per heavy atom. The van der Waals surface area contributed by atoms with Gasteiger partial charge in [-0.1, -0.05) is 0 Å². The van der Waals surface area contributed by atoms with Crippen LogP contribution in [0.25, 0.3) is 0 Å². The smallest absolute Gasteiger partial charge is 0.311 e. The molecule has 0 aliphatic carbocycles. The van der Waals surface area contributed by atoms with Crippen molar-refractivity contribution in [3.8, 4) is 0 Å². The second kappa shape index (κ2) is 5.23. The van der Waals surface area contributed by atoms with Crippen LogP contribution >= 0.6 is 11.3 Å². The van der Waals surface area contributed by atoms with Gasteiger partial charge in [0.2, 0.25) is 0 Å². The first-order valence-corrected chi connectivity index (χ1v) is 6.55. The minimum absolute atomic E-state index is 0.0221. The van der Waals surface area contributed by atoms with Crippen LogP contribution in [0.4, 0.5) is 5.13 Å². The highest BCUT2D eigenvalue weighted by atomic mass is 32.2. The Labute approximate surface area is 97.0 Å². The number of anilines is 1. The van der Waals surface area contributed by atoms with Crippen molar-refractivity contribution in [2.75, 3.05) is 18.9 Å². The molecule has 0 saturated carbocycles. The zero-order valence-corrected chi connectivity index (χ0v) is 10.3. The van der Waals surface area contributed by atoms with E-state index in [9.17, 15) is 13.2 Å². The highest BCUT2D eigenvalue weighted by Crippen LogP contribution is 2.16. The first-order valence-electron chi connectivity index (χ1n) is 4.19. The number of hydrogen-bond acceptors (Lipinski definition) is 6. The van der Waals surface area contributed by atoms with Crippen molar-refractivity contribution < 1.29 is 17.9 Å². The maximum absolute atomic E-state index is 11.1. The fraction of sp³-hybridized carbons (Fsp3) is 0.429. The average Bonchev–Trinajstić information content (AvgIpc) is 2.64. The van der Waals surface area contributed by atoms with Gasteiger partial charge in [-0.3, -0.25) is 4.79 Å². The number of aromatic nitrogens is 1. The normalized spacial score (nSPS) is 11.1. The summed E-state index contributed by atoms with van der Waals surface area (Å²) in [5.74, 6) is -0.423. The van der Waals surface area contributed by atoms with E-state index in [1.807, 2.05) is 0 Å². The van der Waals surface area contributed by atoms with E-state index in [0.717, 1.165) is 11.3 Å². The van der Waals surface area contributed by atoms with Crippen LogP contribution in [0.1, 0.15) is 5.69 Å². The Morgan fingerprint density at radius 3 is 2.88 bits per heavy atom. The molecule has 1 rings (SSSR count). The number of ether oxygens (including phenoxy) is 1. The van der Waals surface area contributed by atoms with E-state index in [1.54, 1.807) is 5.38 Å². The van der Waals surface area contributed by atoms with Crippen LogP contribution in [-0.4, -0.2) is 33.5 Å². The summed E-state index contributed by atoms with van der Waals surface area (Å²) in [5, 5.41) is 1.79. The minimum atomic E-state index is -3.56. The first kappa shape index (κ1) is 12.9. The third kappa shape index (κ3) is 3.76. The van der Waals surface area contributed by atoms with Crippen molar-refractivity contribution in [1.82, 2.24) is 9.71 Å². The van der Waals surface area contributed by atoms with E-state index in [4.69, 9.17) is 0 Å². The van der Waals surface area contributed by atoms with Gasteiger partial charge in [-0.2, -0.15) is 8.42 Å². The Hall–Kier alpha value is -1.19. The average molecular weight is 265 g/mol. The molecule has 2 N–H and O–H groups in total. The second-order valence-corrected chi connectivity index (χ2v) is 5.18. The largest absolute Gasteiger partial charge is 0.469 e. The minimum Gasteiger partial charge on any atom is -0.469 e. The lowest BCUT2D eigenvalue weighted by molar-refractivity contribution is -0.139. The van der Waals surface area contributed by atoms with E-state index in [-0.39, 0.29) is 11.6 Å². The van der Waals surface area contributed by atoms with Gasteiger partial charge < -0.3 is 4.74 Å². The molecular weight excluding hydrogens is 254 g/mol. The molecule has 7 nitrogen and oxygen atoms in total. The number of thiazole rings is 1. The summed E-state index contributed by atoms with van der Waals surface area (Å²) >= 11 is 1.10. The number of hydrogen-bond donors (Lipinski definition) is 2. The molecule has 0 aromatic carbocycles. The molecule has 0 amide bonds. The molecule has 0 bridgehead atoms. The van der Waals surface area contributed by atoms with Crippen LogP contribution < -0.4 is 9.44 Å². The molecule has 0 fully saturated rings. The van der Waals surface area contributed by atoms with Gasteiger partial charge in [-0.25, -0.2) is 14.4 Å². The predicted octanol–water partition coefficient (Wildman–Crippen LogP) is -0.265. The summed E-state index contributed by atoms with van der Waals surface area (Å²) in [5.41, 5.74) is 0.464. The third-order valence-corrected chi connectivity index (χ3v) is 3.53. The number of esters is 1. The number of rotatable bonds is 5. The van der Waals surface area contributed by atoms with Crippen molar-refractivity contribution >= 4 is 32.6 Å². The lowest BCUT2D eigenvalue weighted by Crippen LogP contribution is -2.26. The van der Waals surface area contributed by atoms with Gasteiger partial charge in [0.25, 0.3) is 0 Å². The van der Waals surface area contributed by atoms with Crippen molar-refractivity contribution in [2.45, 2.75) is 6.42 Å². The van der Waals surface area contributed by atoms with Crippen LogP contribution in [0.15, 0.2) is 5.38 Å². The molecule has 0 saturated heterocycles. The molecule has 0 radical (unpaired) electrons. The lowest BCUT2D eigenvalue weighted by Gasteiger charge is -2.01. The van der Waals surface area contributed by atoms with E-state index < -0.39 is 16.2 Å². The van der Waals surface area contributed by atoms with Crippen LogP contribution in [0.2, 0.25) is 0 Å². The Balaban J connectivity index is 2.69. The number of carbonyl (C=O) groups is 1. The quantitative estimate of drug-likeness (QED) is 0.714. The zero-order valence-electron chi connectivity index (χ0n) is 8.68. The standard InChI is InChI=1S/C7H11N3O4S2/c1-8-16(12,13)10-7-9-5(4-15-7)3-6(11)14-2/h4,8H,3H2,1-2H3,(H,9,10). The fourth-order valence-electron chi connectivity index (χ4n) is 0.821. The third-order valence-electron chi connectivity index (χ3n) is 1.60. The summed E-state index contributed by atoms with van der Waals surface area (Å²) < 4.78 is 31.0. The van der Waals surface area contributed by atoms with Crippen molar-refractivity contribution in [1.29, 1.82) is 0 Å². The van der Waals surface area contributed by atoms with E-state index >= 15 is 0 Å². The molecule has 1 heterocycles. The fourth-order valence-corrected chi connectivity index (χ4v) is 2.27. The monoisotopic (exact) mass is 265 g/mol. The number of nitrogens with zero attached hydrogens (tertiary/aromatic N) is 1. The maximum Gasteiger partial charge on any atom is 0.311 e. The molecule has 0 atom stereocenters. The van der Waals surface area contributed by atoms with Gasteiger partial charge in [0.1, 0.15) is 0 Å². The first-order chi connectivity index (χ1) is 7.46. The van der Waals surface area contributed by atoms with Crippen molar-refractivity contribution in [3.05, 3.63) is 11.1 Å². The van der Waals surface area contributed by atoms with Gasteiger partial charge in [-0.05, 0) is 0 Å². The van der Waals surface area contributed by atoms with Gasteiger partial charge in [-0.15, -0.1) is 11.3 Å². The summed E-state index contributed by atoms with van der Waals surface area (Å²) in [6.07, 6.45) is 0.0221. The Morgan fingerprint density at radius 1 is 1.62 bits per heavy atom. The van der Waals surface area contributed by atoms with Gasteiger partial charge >= 0.3 is 16.2 Å². The molecular formula is C7H11N3O4S2. The lowest BCUT2D eigenvalue weighted by atomic mass is 10.3. The van der Waals surface area contributed by atoms with Crippen LogP contribution in [0.5, 0.6) is 0 Å². The summed E-state index contributed by atoms with van der Waals surface area (Å²) in [4.78, 5) is 14.8. The highest BCUT2D eigenvalue weighted by Gasteiger charge is 2.11. The Bertz CT molecular complexity index is 468. The number of carbonyl (C=O) groups excluding carboxylic acids is 1. The molecule has 0 aliphatic heterocycles. The van der Waals surface area contributed by atoms with Crippen LogP contribution in [0, 0.1) is 0 Å². The van der Waals surface area contributed by atoms with Gasteiger partial charge in [0, 0.05) is 12.4 Å². The molecule has 9 heteroatoms. The molecule has 0 aliphatic rings. The number of methoxy groups -OCH3 is 1. The number of nitrogens with one attached hydrogen (secondary N) is 2.